The van der Waals surface area contributed by atoms with Crippen molar-refractivity contribution in [1.82, 2.24) is 10.3 Å². The Labute approximate surface area is 119 Å². The van der Waals surface area contributed by atoms with E-state index in [1.807, 2.05) is 0 Å². The van der Waals surface area contributed by atoms with Crippen molar-refractivity contribution in [1.29, 1.82) is 0 Å². The van der Waals surface area contributed by atoms with E-state index in [4.69, 9.17) is 4.42 Å². The molecule has 4 nitrogen and oxygen atoms in total. The largest absolute Gasteiger partial charge is 0.443 e. The molecule has 1 N–H and O–H groups in total. The van der Waals surface area contributed by atoms with Gasteiger partial charge < -0.3 is 9.73 Å². The zero-order chi connectivity index (χ0) is 14.5. The second-order valence-electron chi connectivity index (χ2n) is 5.62. The maximum Gasteiger partial charge on any atom is 0.251 e. The van der Waals surface area contributed by atoms with Crippen molar-refractivity contribution in [3.63, 3.8) is 0 Å². The highest BCUT2D eigenvalue weighted by molar-refractivity contribution is 5.97. The van der Waals surface area contributed by atoms with Gasteiger partial charge in [-0.3, -0.25) is 4.79 Å². The quantitative estimate of drug-likeness (QED) is 0.872. The molecule has 0 aliphatic heterocycles. The SMILES string of the molecule is CCCC(CC(C)C)NC(=O)c1ccc2ocnc2c1. The Morgan fingerprint density at radius 1 is 1.40 bits per heavy atom. The molecule has 0 saturated carbocycles. The molecule has 108 valence electrons. The number of amides is 1. The van der Waals surface area contributed by atoms with E-state index in [-0.39, 0.29) is 11.9 Å². The van der Waals surface area contributed by atoms with Crippen LogP contribution in [0.25, 0.3) is 11.1 Å². The zero-order valence-electron chi connectivity index (χ0n) is 12.3. The van der Waals surface area contributed by atoms with Crippen LogP contribution >= 0.6 is 0 Å². The van der Waals surface area contributed by atoms with Crippen LogP contribution in [0.5, 0.6) is 0 Å². The molecule has 1 aromatic heterocycles. The van der Waals surface area contributed by atoms with E-state index in [9.17, 15) is 4.79 Å². The smallest absolute Gasteiger partial charge is 0.251 e. The van der Waals surface area contributed by atoms with Gasteiger partial charge in [0.25, 0.3) is 5.91 Å². The monoisotopic (exact) mass is 274 g/mol. The Morgan fingerprint density at radius 2 is 2.20 bits per heavy atom. The van der Waals surface area contributed by atoms with Crippen molar-refractivity contribution < 1.29 is 9.21 Å². The highest BCUT2D eigenvalue weighted by Crippen LogP contribution is 2.15. The number of fused-ring (bicyclic) bond motifs is 1. The number of nitrogens with zero attached hydrogens (tertiary/aromatic N) is 1. The molecule has 1 aromatic carbocycles. The summed E-state index contributed by atoms with van der Waals surface area (Å²) in [4.78, 5) is 16.4. The molecule has 1 unspecified atom stereocenters. The Balaban J connectivity index is 2.08. The third kappa shape index (κ3) is 3.59. The van der Waals surface area contributed by atoms with Crippen LogP contribution in [0.2, 0.25) is 0 Å². The van der Waals surface area contributed by atoms with Gasteiger partial charge in [-0.25, -0.2) is 4.98 Å². The van der Waals surface area contributed by atoms with Gasteiger partial charge in [0.2, 0.25) is 0 Å². The zero-order valence-corrected chi connectivity index (χ0v) is 12.3. The summed E-state index contributed by atoms with van der Waals surface area (Å²) >= 11 is 0. The number of carbonyl (C=O) groups excluding carboxylic acids is 1. The van der Waals surface area contributed by atoms with Crippen LogP contribution in [0.4, 0.5) is 0 Å². The molecule has 0 radical (unpaired) electrons. The van der Waals surface area contributed by atoms with E-state index in [1.165, 1.54) is 6.39 Å². The van der Waals surface area contributed by atoms with Crippen LogP contribution in [0, 0.1) is 5.92 Å². The molecule has 20 heavy (non-hydrogen) atoms. The highest BCUT2D eigenvalue weighted by atomic mass is 16.3. The lowest BCUT2D eigenvalue weighted by atomic mass is 9.99. The highest BCUT2D eigenvalue weighted by Gasteiger charge is 2.15. The lowest BCUT2D eigenvalue weighted by Crippen LogP contribution is -2.35. The maximum atomic E-state index is 12.3. The van der Waals surface area contributed by atoms with E-state index in [0.717, 1.165) is 19.3 Å². The molecule has 0 saturated heterocycles. The second kappa shape index (κ2) is 6.55. The topological polar surface area (TPSA) is 55.1 Å². The van der Waals surface area contributed by atoms with Crippen molar-refractivity contribution in [3.05, 3.63) is 30.2 Å². The lowest BCUT2D eigenvalue weighted by molar-refractivity contribution is 0.0930. The Morgan fingerprint density at radius 3 is 2.90 bits per heavy atom. The van der Waals surface area contributed by atoms with Crippen LogP contribution in [-0.4, -0.2) is 16.9 Å². The van der Waals surface area contributed by atoms with Crippen LogP contribution in [0.3, 0.4) is 0 Å². The van der Waals surface area contributed by atoms with Gasteiger partial charge in [-0.05, 0) is 37.0 Å². The first-order valence-electron chi connectivity index (χ1n) is 7.24. The van der Waals surface area contributed by atoms with Gasteiger partial charge >= 0.3 is 0 Å². The van der Waals surface area contributed by atoms with Crippen LogP contribution in [-0.2, 0) is 0 Å². The number of carbonyl (C=O) groups is 1. The van der Waals surface area contributed by atoms with Gasteiger partial charge in [0.15, 0.2) is 12.0 Å². The minimum Gasteiger partial charge on any atom is -0.443 e. The van der Waals surface area contributed by atoms with Crippen molar-refractivity contribution in [2.24, 2.45) is 5.92 Å². The molecule has 1 amide bonds. The molecule has 1 heterocycles. The number of hydrogen-bond donors (Lipinski definition) is 1. The minimum atomic E-state index is -0.0333. The van der Waals surface area contributed by atoms with E-state index < -0.39 is 0 Å². The van der Waals surface area contributed by atoms with Gasteiger partial charge in [0, 0.05) is 11.6 Å². The van der Waals surface area contributed by atoms with Crippen molar-refractivity contribution in [2.45, 2.75) is 46.1 Å². The fourth-order valence-electron chi connectivity index (χ4n) is 2.43. The Bertz CT molecular complexity index is 575. The second-order valence-corrected chi connectivity index (χ2v) is 5.62. The van der Waals surface area contributed by atoms with Crippen molar-refractivity contribution in [2.75, 3.05) is 0 Å². The number of oxazole rings is 1. The summed E-state index contributed by atoms with van der Waals surface area (Å²) in [5.74, 6) is 0.541. The van der Waals surface area contributed by atoms with Crippen LogP contribution < -0.4 is 5.32 Å². The molecule has 4 heteroatoms. The van der Waals surface area contributed by atoms with Crippen LogP contribution in [0.15, 0.2) is 29.0 Å². The molecule has 2 rings (SSSR count). The summed E-state index contributed by atoms with van der Waals surface area (Å²) in [6.07, 6.45) is 4.48. The number of benzene rings is 1. The van der Waals surface area contributed by atoms with E-state index in [0.29, 0.717) is 22.6 Å². The molecule has 0 spiro atoms. The third-order valence-corrected chi connectivity index (χ3v) is 3.32. The number of aromatic nitrogens is 1. The molecule has 0 fully saturated rings. The fraction of sp³-hybridized carbons (Fsp3) is 0.500. The van der Waals surface area contributed by atoms with E-state index in [2.05, 4.69) is 31.1 Å². The third-order valence-electron chi connectivity index (χ3n) is 3.32. The van der Waals surface area contributed by atoms with Gasteiger partial charge in [-0.1, -0.05) is 27.2 Å². The number of hydrogen-bond acceptors (Lipinski definition) is 3. The van der Waals surface area contributed by atoms with E-state index in [1.54, 1.807) is 18.2 Å². The van der Waals surface area contributed by atoms with Crippen molar-refractivity contribution in [3.8, 4) is 0 Å². The number of rotatable bonds is 6. The first kappa shape index (κ1) is 14.6. The molecule has 1 atom stereocenters. The molecular formula is C16H22N2O2. The first-order valence-corrected chi connectivity index (χ1v) is 7.24. The van der Waals surface area contributed by atoms with Gasteiger partial charge in [0.1, 0.15) is 5.52 Å². The van der Waals surface area contributed by atoms with E-state index >= 15 is 0 Å². The lowest BCUT2D eigenvalue weighted by Gasteiger charge is -2.20. The molecule has 2 aromatic rings. The number of nitrogens with one attached hydrogen (secondary N) is 1. The summed E-state index contributed by atoms with van der Waals surface area (Å²) < 4.78 is 5.18. The summed E-state index contributed by atoms with van der Waals surface area (Å²) in [5.41, 5.74) is 2.05. The average molecular weight is 274 g/mol. The van der Waals surface area contributed by atoms with Crippen molar-refractivity contribution >= 4 is 17.0 Å². The van der Waals surface area contributed by atoms with Gasteiger partial charge in [-0.2, -0.15) is 0 Å². The predicted octanol–water partition coefficient (Wildman–Crippen LogP) is 3.77. The first-order chi connectivity index (χ1) is 9.60. The maximum absolute atomic E-state index is 12.3. The Kier molecular flexibility index (Phi) is 4.77. The summed E-state index contributed by atoms with van der Waals surface area (Å²) in [6, 6.07) is 5.57. The fourth-order valence-corrected chi connectivity index (χ4v) is 2.43. The van der Waals surface area contributed by atoms with Gasteiger partial charge in [0.05, 0.1) is 0 Å². The minimum absolute atomic E-state index is 0.0333. The summed E-state index contributed by atoms with van der Waals surface area (Å²) in [5, 5.41) is 3.13. The summed E-state index contributed by atoms with van der Waals surface area (Å²) in [7, 11) is 0. The molecule has 0 aliphatic rings. The molecule has 0 bridgehead atoms. The molecule has 0 aliphatic carbocycles. The standard InChI is InChI=1S/C16H22N2O2/c1-4-5-13(8-11(2)3)18-16(19)12-6-7-15-14(9-12)17-10-20-15/h6-7,9-11,13H,4-5,8H2,1-3H3,(H,18,19). The van der Waals surface area contributed by atoms with Crippen LogP contribution in [0.1, 0.15) is 50.4 Å². The normalized spacial score (nSPS) is 12.8. The molecular weight excluding hydrogens is 252 g/mol. The van der Waals surface area contributed by atoms with Gasteiger partial charge in [-0.15, -0.1) is 0 Å². The predicted molar refractivity (Wildman–Crippen MR) is 79.6 cm³/mol. The average Bonchev–Trinajstić information content (AvgIpc) is 2.85. The Hall–Kier alpha value is -1.84. The summed E-state index contributed by atoms with van der Waals surface area (Å²) in [6.45, 7) is 6.49.